The first kappa shape index (κ1) is 16.6. The Kier molecular flexibility index (Phi) is 4.25. The molecule has 2 aromatic heterocycles. The molecule has 27 heavy (non-hydrogen) atoms. The summed E-state index contributed by atoms with van der Waals surface area (Å²) >= 11 is 6.20. The number of benzene rings is 2. The zero-order valence-corrected chi connectivity index (χ0v) is 16.0. The van der Waals surface area contributed by atoms with Gasteiger partial charge in [0.2, 0.25) is 0 Å². The Hall–Kier alpha value is -2.52. The molecule has 1 aliphatic heterocycles. The van der Waals surface area contributed by atoms with Gasteiger partial charge in [-0.05, 0) is 49.1 Å². The molecule has 2 aromatic carbocycles. The monoisotopic (exact) mass is 375 g/mol. The smallest absolute Gasteiger partial charge is 0.138 e. The predicted molar refractivity (Wildman–Crippen MR) is 114 cm³/mol. The van der Waals surface area contributed by atoms with Crippen LogP contribution in [0.1, 0.15) is 24.8 Å². The Balaban J connectivity index is 1.69. The lowest BCUT2D eigenvalue weighted by molar-refractivity contribution is 0.575. The molecule has 4 aromatic rings. The van der Waals surface area contributed by atoms with Crippen molar-refractivity contribution in [2.24, 2.45) is 0 Å². The molecule has 0 radical (unpaired) electrons. The van der Waals surface area contributed by atoms with Crippen LogP contribution in [0.5, 0.6) is 0 Å². The number of hydrogen-bond acceptors (Lipinski definition) is 2. The van der Waals surface area contributed by atoms with Crippen LogP contribution in [-0.4, -0.2) is 22.6 Å². The van der Waals surface area contributed by atoms with Gasteiger partial charge in [-0.25, -0.2) is 4.98 Å². The molecular weight excluding hydrogens is 354 g/mol. The highest BCUT2D eigenvalue weighted by atomic mass is 35.5. The van der Waals surface area contributed by atoms with E-state index in [1.165, 1.54) is 41.1 Å². The van der Waals surface area contributed by atoms with Crippen molar-refractivity contribution in [1.29, 1.82) is 0 Å². The molecule has 0 unspecified atom stereocenters. The lowest BCUT2D eigenvalue weighted by Gasteiger charge is -2.28. The van der Waals surface area contributed by atoms with Crippen LogP contribution < -0.4 is 4.90 Å². The highest BCUT2D eigenvalue weighted by molar-refractivity contribution is 6.30. The van der Waals surface area contributed by atoms with E-state index >= 15 is 0 Å². The second kappa shape index (κ2) is 6.90. The van der Waals surface area contributed by atoms with Crippen LogP contribution in [0.2, 0.25) is 5.02 Å². The average Bonchev–Trinajstić information content (AvgIpc) is 3.12. The number of rotatable bonds is 3. The Morgan fingerprint density at radius 2 is 1.74 bits per heavy atom. The zero-order valence-electron chi connectivity index (χ0n) is 15.2. The Morgan fingerprint density at radius 3 is 2.59 bits per heavy atom. The van der Waals surface area contributed by atoms with Crippen LogP contribution in [0.4, 0.5) is 5.82 Å². The van der Waals surface area contributed by atoms with E-state index < -0.39 is 0 Å². The molecule has 0 amide bonds. The van der Waals surface area contributed by atoms with Crippen LogP contribution >= 0.6 is 11.6 Å². The second-order valence-electron chi connectivity index (χ2n) is 7.34. The summed E-state index contributed by atoms with van der Waals surface area (Å²) in [6, 6.07) is 18.8. The van der Waals surface area contributed by atoms with Crippen LogP contribution in [0.3, 0.4) is 0 Å². The van der Waals surface area contributed by atoms with Crippen molar-refractivity contribution in [3.05, 3.63) is 71.4 Å². The summed E-state index contributed by atoms with van der Waals surface area (Å²) in [6.07, 6.45) is 6.01. The summed E-state index contributed by atoms with van der Waals surface area (Å²) in [7, 11) is 0. The third-order valence-corrected chi connectivity index (χ3v) is 5.72. The molecule has 5 rings (SSSR count). The minimum absolute atomic E-state index is 0.782. The van der Waals surface area contributed by atoms with Gasteiger partial charge in [0.15, 0.2) is 0 Å². The number of hydrogen-bond donors (Lipinski definition) is 0. The van der Waals surface area contributed by atoms with E-state index in [0.717, 1.165) is 36.0 Å². The van der Waals surface area contributed by atoms with Gasteiger partial charge in [0.25, 0.3) is 0 Å². The fourth-order valence-corrected chi connectivity index (χ4v) is 4.42. The van der Waals surface area contributed by atoms with E-state index in [4.69, 9.17) is 16.6 Å². The van der Waals surface area contributed by atoms with E-state index in [-0.39, 0.29) is 0 Å². The first-order valence-electron chi connectivity index (χ1n) is 9.66. The molecule has 0 saturated carbocycles. The lowest BCUT2D eigenvalue weighted by atomic mass is 10.1. The lowest BCUT2D eigenvalue weighted by Crippen LogP contribution is -2.30. The van der Waals surface area contributed by atoms with Gasteiger partial charge in [-0.15, -0.1) is 0 Å². The maximum absolute atomic E-state index is 6.20. The predicted octanol–water partition coefficient (Wildman–Crippen LogP) is 5.88. The van der Waals surface area contributed by atoms with Crippen LogP contribution in [-0.2, 0) is 6.54 Å². The maximum atomic E-state index is 6.20. The number of piperidine rings is 1. The topological polar surface area (TPSA) is 21.1 Å². The van der Waals surface area contributed by atoms with Crippen molar-refractivity contribution < 1.29 is 0 Å². The Morgan fingerprint density at radius 1 is 0.889 bits per heavy atom. The number of para-hydroxylation sites is 1. The first-order valence-corrected chi connectivity index (χ1v) is 10.0. The summed E-state index contributed by atoms with van der Waals surface area (Å²) in [5.74, 6) is 1.13. The van der Waals surface area contributed by atoms with Crippen LogP contribution in [0.15, 0.2) is 60.8 Å². The number of pyridine rings is 1. The number of halogens is 1. The van der Waals surface area contributed by atoms with E-state index in [1.54, 1.807) is 0 Å². The summed E-state index contributed by atoms with van der Waals surface area (Å²) in [6.45, 7) is 3.00. The van der Waals surface area contributed by atoms with Gasteiger partial charge in [0.1, 0.15) is 5.82 Å². The number of aromatic nitrogens is 2. The van der Waals surface area contributed by atoms with Crippen molar-refractivity contribution >= 4 is 39.2 Å². The molecule has 0 N–H and O–H groups in total. The maximum Gasteiger partial charge on any atom is 0.138 e. The van der Waals surface area contributed by atoms with Gasteiger partial charge < -0.3 is 9.47 Å². The molecule has 0 aliphatic carbocycles. The minimum atomic E-state index is 0.782. The van der Waals surface area contributed by atoms with E-state index in [2.05, 4.69) is 52.1 Å². The highest BCUT2D eigenvalue weighted by Crippen LogP contribution is 2.34. The average molecular weight is 376 g/mol. The van der Waals surface area contributed by atoms with E-state index in [1.807, 2.05) is 18.2 Å². The highest BCUT2D eigenvalue weighted by Gasteiger charge is 2.19. The Bertz CT molecular complexity index is 1110. The number of nitrogens with zero attached hydrogens (tertiary/aromatic N) is 3. The summed E-state index contributed by atoms with van der Waals surface area (Å²) in [5, 5.41) is 3.24. The van der Waals surface area contributed by atoms with Crippen molar-refractivity contribution in [2.75, 3.05) is 18.0 Å². The molecule has 3 nitrogen and oxygen atoms in total. The Labute approximate surface area is 164 Å². The first-order chi connectivity index (χ1) is 13.3. The molecule has 136 valence electrons. The standard InChI is InChI=1S/C23H22ClN3/c24-18-8-6-7-17(15-18)16-27-14-11-20-22(27)19-9-2-3-10-21(19)25-23(20)26-12-4-1-5-13-26/h2-3,6-11,14-15H,1,4-5,12-13,16H2. The summed E-state index contributed by atoms with van der Waals surface area (Å²) in [5.41, 5.74) is 3.54. The third kappa shape index (κ3) is 3.06. The fraction of sp³-hybridized carbons (Fsp3) is 0.261. The summed E-state index contributed by atoms with van der Waals surface area (Å²) < 4.78 is 2.33. The van der Waals surface area contributed by atoms with Crippen molar-refractivity contribution in [2.45, 2.75) is 25.8 Å². The molecule has 4 heteroatoms. The summed E-state index contributed by atoms with van der Waals surface area (Å²) in [4.78, 5) is 7.51. The van der Waals surface area contributed by atoms with Gasteiger partial charge in [-0.3, -0.25) is 0 Å². The molecule has 1 aliphatic rings. The fourth-order valence-electron chi connectivity index (χ4n) is 4.21. The quantitative estimate of drug-likeness (QED) is 0.445. The SMILES string of the molecule is Clc1cccc(Cn2ccc3c(N4CCCCC4)nc4ccccc4c32)c1. The molecule has 0 spiro atoms. The number of anilines is 1. The van der Waals surface area contributed by atoms with Crippen molar-refractivity contribution in [1.82, 2.24) is 9.55 Å². The third-order valence-electron chi connectivity index (χ3n) is 5.49. The van der Waals surface area contributed by atoms with Gasteiger partial charge >= 0.3 is 0 Å². The normalized spacial score (nSPS) is 14.9. The molecule has 0 bridgehead atoms. The molecule has 0 atom stereocenters. The van der Waals surface area contributed by atoms with Crippen LogP contribution in [0.25, 0.3) is 21.8 Å². The largest absolute Gasteiger partial charge is 0.356 e. The number of fused-ring (bicyclic) bond motifs is 3. The van der Waals surface area contributed by atoms with Gasteiger partial charge in [0.05, 0.1) is 11.0 Å². The molecule has 3 heterocycles. The molecule has 1 saturated heterocycles. The van der Waals surface area contributed by atoms with E-state index in [0.29, 0.717) is 0 Å². The molecular formula is C23H22ClN3. The van der Waals surface area contributed by atoms with Gasteiger partial charge in [0, 0.05) is 41.6 Å². The minimum Gasteiger partial charge on any atom is -0.356 e. The van der Waals surface area contributed by atoms with Crippen LogP contribution in [0, 0.1) is 0 Å². The van der Waals surface area contributed by atoms with Gasteiger partial charge in [-0.2, -0.15) is 0 Å². The van der Waals surface area contributed by atoms with Gasteiger partial charge in [-0.1, -0.05) is 41.9 Å². The van der Waals surface area contributed by atoms with Crippen molar-refractivity contribution in [3.8, 4) is 0 Å². The van der Waals surface area contributed by atoms with Crippen molar-refractivity contribution in [3.63, 3.8) is 0 Å². The molecule has 1 fully saturated rings. The van der Waals surface area contributed by atoms with E-state index in [9.17, 15) is 0 Å². The zero-order chi connectivity index (χ0) is 18.2. The second-order valence-corrected chi connectivity index (χ2v) is 7.77.